The maximum Gasteiger partial charge on any atom is 0.0680 e. The first-order valence-corrected chi connectivity index (χ1v) is 5.30. The lowest BCUT2D eigenvalue weighted by atomic mass is 10.2. The van der Waals surface area contributed by atoms with Crippen molar-refractivity contribution in [2.45, 2.75) is 17.9 Å². The summed E-state index contributed by atoms with van der Waals surface area (Å²) in [5.74, 6) is 2.24. The van der Waals surface area contributed by atoms with Crippen molar-refractivity contribution in [3.8, 4) is 0 Å². The Hall–Kier alpha value is -0.480. The van der Waals surface area contributed by atoms with Crippen LogP contribution in [0.15, 0.2) is 0 Å². The Bertz CT molecular complexity index is 293. The molecule has 3 nitrogen and oxygen atoms in total. The van der Waals surface area contributed by atoms with Crippen LogP contribution in [0.5, 0.6) is 0 Å². The van der Waals surface area contributed by atoms with Gasteiger partial charge in [0, 0.05) is 30.5 Å². The van der Waals surface area contributed by atoms with Gasteiger partial charge in [-0.25, -0.2) is 0 Å². The Labute approximate surface area is 76.3 Å². The maximum atomic E-state index is 5.51. The highest BCUT2D eigenvalue weighted by atomic mass is 32.2. The Kier molecular flexibility index (Phi) is 2.11. The fraction of sp³-hybridized carbons (Fsp3) is 0.625. The van der Waals surface area contributed by atoms with Crippen LogP contribution in [0.3, 0.4) is 0 Å². The minimum absolute atomic E-state index is 0.702. The summed E-state index contributed by atoms with van der Waals surface area (Å²) >= 11 is 1.96. The Balaban J connectivity index is 2.37. The van der Waals surface area contributed by atoms with Crippen LogP contribution in [0.4, 0.5) is 0 Å². The van der Waals surface area contributed by atoms with Gasteiger partial charge in [-0.3, -0.25) is 4.68 Å². The average Bonchev–Trinajstić information content (AvgIpc) is 2.58. The summed E-state index contributed by atoms with van der Waals surface area (Å²) < 4.78 is 2.00. The van der Waals surface area contributed by atoms with Gasteiger partial charge in [-0.15, -0.1) is 0 Å². The van der Waals surface area contributed by atoms with Crippen molar-refractivity contribution >= 4 is 11.8 Å². The lowest BCUT2D eigenvalue weighted by Crippen LogP contribution is -2.05. The molecule has 0 spiro atoms. The van der Waals surface area contributed by atoms with E-state index >= 15 is 0 Å². The third-order valence-electron chi connectivity index (χ3n) is 2.22. The molecule has 2 rings (SSSR count). The molecule has 1 aromatic heterocycles. The number of hydrogen-bond acceptors (Lipinski definition) is 3. The van der Waals surface area contributed by atoms with E-state index in [0.717, 1.165) is 17.9 Å². The van der Waals surface area contributed by atoms with E-state index in [1.54, 1.807) is 0 Å². The number of aromatic nitrogens is 2. The lowest BCUT2D eigenvalue weighted by molar-refractivity contribution is 0.715. The normalized spacial score (nSPS) is 15.2. The summed E-state index contributed by atoms with van der Waals surface area (Å²) in [6.45, 7) is 0.702. The van der Waals surface area contributed by atoms with Gasteiger partial charge in [-0.2, -0.15) is 16.9 Å². The van der Waals surface area contributed by atoms with Crippen LogP contribution in [-0.2, 0) is 25.0 Å². The van der Waals surface area contributed by atoms with E-state index in [0.29, 0.717) is 6.54 Å². The Morgan fingerprint density at radius 3 is 3.17 bits per heavy atom. The molecule has 4 heteroatoms. The average molecular weight is 183 g/mol. The van der Waals surface area contributed by atoms with E-state index in [4.69, 9.17) is 5.73 Å². The third-order valence-corrected chi connectivity index (χ3v) is 3.19. The van der Waals surface area contributed by atoms with Gasteiger partial charge in [-0.05, 0) is 6.54 Å². The molecule has 0 fully saturated rings. The third kappa shape index (κ3) is 1.15. The predicted octanol–water partition coefficient (Wildman–Crippen LogP) is 0.668. The number of thioether (sulfide) groups is 1. The largest absolute Gasteiger partial charge is 0.330 e. The van der Waals surface area contributed by atoms with Gasteiger partial charge in [0.05, 0.1) is 11.4 Å². The Morgan fingerprint density at radius 2 is 2.42 bits per heavy atom. The molecule has 1 aromatic rings. The molecular weight excluding hydrogens is 170 g/mol. The molecule has 66 valence electrons. The van der Waals surface area contributed by atoms with Gasteiger partial charge >= 0.3 is 0 Å². The molecule has 0 atom stereocenters. The Morgan fingerprint density at radius 1 is 1.58 bits per heavy atom. The summed E-state index contributed by atoms with van der Waals surface area (Å²) in [6, 6.07) is 0. The second-order valence-electron chi connectivity index (χ2n) is 3.03. The topological polar surface area (TPSA) is 43.8 Å². The van der Waals surface area contributed by atoms with E-state index in [1.165, 1.54) is 17.0 Å². The van der Waals surface area contributed by atoms with Crippen LogP contribution in [0.1, 0.15) is 17.0 Å². The number of hydrogen-bond donors (Lipinski definition) is 1. The van der Waals surface area contributed by atoms with Crippen LogP contribution in [-0.4, -0.2) is 16.3 Å². The maximum absolute atomic E-state index is 5.51. The summed E-state index contributed by atoms with van der Waals surface area (Å²) in [5.41, 5.74) is 9.55. The zero-order valence-corrected chi connectivity index (χ0v) is 8.02. The molecule has 0 unspecified atom stereocenters. The summed E-state index contributed by atoms with van der Waals surface area (Å²) in [7, 11) is 2.02. The molecule has 1 aliphatic heterocycles. The number of rotatable bonds is 2. The van der Waals surface area contributed by atoms with Gasteiger partial charge in [0.2, 0.25) is 0 Å². The summed E-state index contributed by atoms with van der Waals surface area (Å²) in [5, 5.41) is 4.45. The molecular formula is C8H13N3S. The highest BCUT2D eigenvalue weighted by Crippen LogP contribution is 2.31. The molecule has 0 saturated carbocycles. The zero-order chi connectivity index (χ0) is 8.55. The second-order valence-corrected chi connectivity index (χ2v) is 4.01. The first kappa shape index (κ1) is 8.13. The van der Waals surface area contributed by atoms with Crippen molar-refractivity contribution < 1.29 is 0 Å². The van der Waals surface area contributed by atoms with Crippen molar-refractivity contribution in [3.63, 3.8) is 0 Å². The standard InChI is InChI=1S/C8H13N3S/c1-11-8-5-12-4-6(8)7(10-11)2-3-9/h2-5,9H2,1H3. The molecule has 2 heterocycles. The SMILES string of the molecule is Cn1nc(CCN)c2c1CSC2. The quantitative estimate of drug-likeness (QED) is 0.733. The van der Waals surface area contributed by atoms with Gasteiger partial charge in [0.1, 0.15) is 0 Å². The van der Waals surface area contributed by atoms with Crippen LogP contribution in [0, 0.1) is 0 Å². The van der Waals surface area contributed by atoms with Crippen LogP contribution >= 0.6 is 11.8 Å². The first-order chi connectivity index (χ1) is 5.83. The van der Waals surface area contributed by atoms with Crippen molar-refractivity contribution in [1.82, 2.24) is 9.78 Å². The summed E-state index contributed by atoms with van der Waals surface area (Å²) in [6.07, 6.45) is 0.920. The van der Waals surface area contributed by atoms with Crippen molar-refractivity contribution in [2.75, 3.05) is 6.54 Å². The van der Waals surface area contributed by atoms with Gasteiger partial charge in [0.25, 0.3) is 0 Å². The monoisotopic (exact) mass is 183 g/mol. The highest BCUT2D eigenvalue weighted by Gasteiger charge is 2.20. The minimum Gasteiger partial charge on any atom is -0.330 e. The number of fused-ring (bicyclic) bond motifs is 1. The fourth-order valence-electron chi connectivity index (χ4n) is 1.60. The van der Waals surface area contributed by atoms with Crippen molar-refractivity contribution in [2.24, 2.45) is 12.8 Å². The minimum atomic E-state index is 0.702. The molecule has 12 heavy (non-hydrogen) atoms. The van der Waals surface area contributed by atoms with Gasteiger partial charge < -0.3 is 5.73 Å². The van der Waals surface area contributed by atoms with Crippen molar-refractivity contribution in [3.05, 3.63) is 17.0 Å². The first-order valence-electron chi connectivity index (χ1n) is 4.14. The second kappa shape index (κ2) is 3.11. The van der Waals surface area contributed by atoms with Crippen LogP contribution in [0.2, 0.25) is 0 Å². The molecule has 0 aliphatic carbocycles. The van der Waals surface area contributed by atoms with E-state index in [2.05, 4.69) is 5.10 Å². The van der Waals surface area contributed by atoms with E-state index in [-0.39, 0.29) is 0 Å². The van der Waals surface area contributed by atoms with E-state index < -0.39 is 0 Å². The number of nitrogens with zero attached hydrogens (tertiary/aromatic N) is 2. The molecule has 2 N–H and O–H groups in total. The van der Waals surface area contributed by atoms with Crippen LogP contribution in [0.25, 0.3) is 0 Å². The zero-order valence-electron chi connectivity index (χ0n) is 7.21. The summed E-state index contributed by atoms with van der Waals surface area (Å²) in [4.78, 5) is 0. The lowest BCUT2D eigenvalue weighted by Gasteiger charge is -1.94. The van der Waals surface area contributed by atoms with E-state index in [1.807, 2.05) is 23.5 Å². The molecule has 0 radical (unpaired) electrons. The van der Waals surface area contributed by atoms with Gasteiger partial charge in [-0.1, -0.05) is 0 Å². The molecule has 0 aromatic carbocycles. The van der Waals surface area contributed by atoms with E-state index in [9.17, 15) is 0 Å². The fourth-order valence-corrected chi connectivity index (χ4v) is 2.79. The molecule has 0 saturated heterocycles. The molecule has 1 aliphatic rings. The van der Waals surface area contributed by atoms with Gasteiger partial charge in [0.15, 0.2) is 0 Å². The predicted molar refractivity (Wildman–Crippen MR) is 51.0 cm³/mol. The van der Waals surface area contributed by atoms with Crippen LogP contribution < -0.4 is 5.73 Å². The van der Waals surface area contributed by atoms with Crippen molar-refractivity contribution in [1.29, 1.82) is 0 Å². The number of aryl methyl sites for hydroxylation is 1. The molecule has 0 bridgehead atoms. The smallest absolute Gasteiger partial charge is 0.0680 e. The highest BCUT2D eigenvalue weighted by molar-refractivity contribution is 7.98. The number of nitrogens with two attached hydrogens (primary N) is 1. The molecule has 0 amide bonds.